The third-order valence-corrected chi connectivity index (χ3v) is 3.68. The van der Waals surface area contributed by atoms with Gasteiger partial charge in [0, 0.05) is 0 Å². The van der Waals surface area contributed by atoms with Gasteiger partial charge in [-0.15, -0.1) is 0 Å². The average Bonchev–Trinajstić information content (AvgIpc) is 2.81. The van der Waals surface area contributed by atoms with Crippen LogP contribution in [-0.2, 0) is 6.42 Å². The van der Waals surface area contributed by atoms with E-state index in [1.165, 1.54) is 28.7 Å². The van der Waals surface area contributed by atoms with Crippen LogP contribution in [0.15, 0.2) is 42.0 Å². The molecule has 90 valence electrons. The standard InChI is InChI=1S/C17H22/c1-4-13-11-15(6-3)17(12-13)16-10-8-7-9-14(16)5-2/h7-13H,4-6H2,1-3H3. The highest BCUT2D eigenvalue weighted by Crippen LogP contribution is 2.36. The van der Waals surface area contributed by atoms with E-state index >= 15 is 0 Å². The molecule has 17 heavy (non-hydrogen) atoms. The first kappa shape index (κ1) is 12.2. The molecule has 1 atom stereocenters. The van der Waals surface area contributed by atoms with Gasteiger partial charge in [-0.1, -0.05) is 57.2 Å². The van der Waals surface area contributed by atoms with E-state index in [4.69, 9.17) is 0 Å². The maximum atomic E-state index is 2.45. The topological polar surface area (TPSA) is 0 Å². The van der Waals surface area contributed by atoms with Gasteiger partial charge in [-0.05, 0) is 47.5 Å². The first-order valence-corrected chi connectivity index (χ1v) is 6.81. The van der Waals surface area contributed by atoms with Gasteiger partial charge >= 0.3 is 0 Å². The highest BCUT2D eigenvalue weighted by molar-refractivity contribution is 5.83. The van der Waals surface area contributed by atoms with Crippen LogP contribution in [0.3, 0.4) is 0 Å². The van der Waals surface area contributed by atoms with Crippen LogP contribution in [0, 0.1) is 5.92 Å². The van der Waals surface area contributed by atoms with E-state index in [9.17, 15) is 0 Å². The summed E-state index contributed by atoms with van der Waals surface area (Å²) in [5.41, 5.74) is 5.92. The summed E-state index contributed by atoms with van der Waals surface area (Å²) < 4.78 is 0. The second kappa shape index (κ2) is 5.35. The van der Waals surface area contributed by atoms with Crippen LogP contribution in [0.5, 0.6) is 0 Å². The highest BCUT2D eigenvalue weighted by atomic mass is 14.2. The predicted octanol–water partition coefficient (Wildman–Crippen LogP) is 5.01. The summed E-state index contributed by atoms with van der Waals surface area (Å²) in [6, 6.07) is 8.82. The number of benzene rings is 1. The van der Waals surface area contributed by atoms with Crippen molar-refractivity contribution < 1.29 is 0 Å². The second-order valence-electron chi connectivity index (χ2n) is 4.71. The number of hydrogen-bond donors (Lipinski definition) is 0. The Balaban J connectivity index is 2.43. The maximum absolute atomic E-state index is 2.45. The molecule has 0 saturated heterocycles. The quantitative estimate of drug-likeness (QED) is 0.677. The second-order valence-corrected chi connectivity index (χ2v) is 4.71. The van der Waals surface area contributed by atoms with E-state index in [1.54, 1.807) is 0 Å². The molecule has 1 unspecified atom stereocenters. The summed E-state index contributed by atoms with van der Waals surface area (Å²) in [5.74, 6) is 0.643. The first-order chi connectivity index (χ1) is 8.30. The number of rotatable bonds is 4. The molecule has 1 aromatic rings. The molecular weight excluding hydrogens is 204 g/mol. The summed E-state index contributed by atoms with van der Waals surface area (Å²) in [6.07, 6.45) is 8.36. The molecule has 1 aromatic carbocycles. The van der Waals surface area contributed by atoms with Gasteiger partial charge in [-0.3, -0.25) is 0 Å². The molecule has 0 heteroatoms. The number of hydrogen-bond acceptors (Lipinski definition) is 0. The van der Waals surface area contributed by atoms with Gasteiger partial charge in [0.2, 0.25) is 0 Å². The molecule has 1 aliphatic carbocycles. The Morgan fingerprint density at radius 1 is 0.941 bits per heavy atom. The molecule has 0 nitrogen and oxygen atoms in total. The van der Waals surface area contributed by atoms with Crippen LogP contribution in [-0.4, -0.2) is 0 Å². The van der Waals surface area contributed by atoms with Crippen molar-refractivity contribution in [2.75, 3.05) is 0 Å². The Labute approximate surface area is 105 Å². The van der Waals surface area contributed by atoms with Crippen LogP contribution < -0.4 is 0 Å². The maximum Gasteiger partial charge on any atom is -0.00408 e. The van der Waals surface area contributed by atoms with Crippen molar-refractivity contribution in [3.63, 3.8) is 0 Å². The molecule has 0 fully saturated rings. The molecule has 0 aliphatic heterocycles. The third-order valence-electron chi connectivity index (χ3n) is 3.68. The molecule has 0 bridgehead atoms. The zero-order valence-corrected chi connectivity index (χ0v) is 11.2. The minimum atomic E-state index is 0.643. The van der Waals surface area contributed by atoms with Crippen molar-refractivity contribution >= 4 is 5.57 Å². The molecule has 0 spiro atoms. The highest BCUT2D eigenvalue weighted by Gasteiger charge is 2.17. The fourth-order valence-electron chi connectivity index (χ4n) is 2.62. The SMILES string of the molecule is CCC1=CC(CC)C=C1c1ccccc1CC. The van der Waals surface area contributed by atoms with E-state index < -0.39 is 0 Å². The zero-order valence-electron chi connectivity index (χ0n) is 11.2. The first-order valence-electron chi connectivity index (χ1n) is 6.81. The molecule has 2 rings (SSSR count). The van der Waals surface area contributed by atoms with Crippen LogP contribution in [0.25, 0.3) is 5.57 Å². The van der Waals surface area contributed by atoms with Crippen molar-refractivity contribution in [2.24, 2.45) is 5.92 Å². The predicted molar refractivity (Wildman–Crippen MR) is 76.0 cm³/mol. The van der Waals surface area contributed by atoms with Crippen LogP contribution >= 0.6 is 0 Å². The lowest BCUT2D eigenvalue weighted by Gasteiger charge is -2.11. The summed E-state index contributed by atoms with van der Waals surface area (Å²) in [4.78, 5) is 0. The van der Waals surface area contributed by atoms with E-state index in [1.807, 2.05) is 0 Å². The molecule has 0 saturated carbocycles. The van der Waals surface area contributed by atoms with E-state index in [0.29, 0.717) is 5.92 Å². The zero-order chi connectivity index (χ0) is 12.3. The fourth-order valence-corrected chi connectivity index (χ4v) is 2.62. The Kier molecular flexibility index (Phi) is 3.83. The largest absolute Gasteiger partial charge is 0.0738 e. The normalized spacial score (nSPS) is 19.1. The Morgan fingerprint density at radius 2 is 1.71 bits per heavy atom. The lowest BCUT2D eigenvalue weighted by atomic mass is 9.93. The van der Waals surface area contributed by atoms with Crippen molar-refractivity contribution in [1.82, 2.24) is 0 Å². The minimum absolute atomic E-state index is 0.643. The molecule has 0 N–H and O–H groups in total. The summed E-state index contributed by atoms with van der Waals surface area (Å²) in [7, 11) is 0. The van der Waals surface area contributed by atoms with E-state index in [-0.39, 0.29) is 0 Å². The van der Waals surface area contributed by atoms with Gasteiger partial charge in [0.1, 0.15) is 0 Å². The summed E-state index contributed by atoms with van der Waals surface area (Å²) in [6.45, 7) is 6.76. The monoisotopic (exact) mass is 226 g/mol. The molecule has 0 amide bonds. The Hall–Kier alpha value is -1.30. The van der Waals surface area contributed by atoms with Gasteiger partial charge < -0.3 is 0 Å². The molecule has 0 aromatic heterocycles. The van der Waals surface area contributed by atoms with Crippen LogP contribution in [0.2, 0.25) is 0 Å². The van der Waals surface area contributed by atoms with E-state index in [0.717, 1.165) is 12.8 Å². The van der Waals surface area contributed by atoms with Crippen molar-refractivity contribution in [3.8, 4) is 0 Å². The van der Waals surface area contributed by atoms with Crippen LogP contribution in [0.4, 0.5) is 0 Å². The van der Waals surface area contributed by atoms with Crippen molar-refractivity contribution in [3.05, 3.63) is 53.1 Å². The van der Waals surface area contributed by atoms with Gasteiger partial charge in [-0.2, -0.15) is 0 Å². The lowest BCUT2D eigenvalue weighted by Crippen LogP contribution is -1.92. The van der Waals surface area contributed by atoms with Crippen molar-refractivity contribution in [2.45, 2.75) is 40.0 Å². The molecule has 0 heterocycles. The fraction of sp³-hybridized carbons (Fsp3) is 0.412. The van der Waals surface area contributed by atoms with Crippen molar-refractivity contribution in [1.29, 1.82) is 0 Å². The smallest absolute Gasteiger partial charge is 0.00408 e. The molecule has 1 aliphatic rings. The summed E-state index contributed by atoms with van der Waals surface area (Å²) >= 11 is 0. The Bertz CT molecular complexity index is 449. The lowest BCUT2D eigenvalue weighted by molar-refractivity contribution is 0.781. The third kappa shape index (κ3) is 2.36. The van der Waals surface area contributed by atoms with Gasteiger partial charge in [0.15, 0.2) is 0 Å². The van der Waals surface area contributed by atoms with Crippen LogP contribution in [0.1, 0.15) is 44.7 Å². The summed E-state index contributed by atoms with van der Waals surface area (Å²) in [5, 5.41) is 0. The molecular formula is C17H22. The van der Waals surface area contributed by atoms with Gasteiger partial charge in [0.25, 0.3) is 0 Å². The average molecular weight is 226 g/mol. The van der Waals surface area contributed by atoms with Gasteiger partial charge in [-0.25, -0.2) is 0 Å². The van der Waals surface area contributed by atoms with E-state index in [2.05, 4.69) is 57.2 Å². The Morgan fingerprint density at radius 3 is 2.35 bits per heavy atom. The van der Waals surface area contributed by atoms with Gasteiger partial charge in [0.05, 0.1) is 0 Å². The number of aryl methyl sites for hydroxylation is 1. The molecule has 0 radical (unpaired) electrons. The minimum Gasteiger partial charge on any atom is -0.0738 e. The number of allylic oxidation sites excluding steroid dienone is 4.